The molecule has 0 aliphatic heterocycles. The van der Waals surface area contributed by atoms with Crippen LogP contribution in [-0.4, -0.2) is 67.1 Å². The fourth-order valence-corrected chi connectivity index (χ4v) is 5.67. The van der Waals surface area contributed by atoms with Crippen molar-refractivity contribution in [3.8, 4) is 0 Å². The SMILES string of the molecule is CCOP(=O)(COCC(On1cnc2c(N)ncnc21)C(O[SiH](C)C)C(C)(C)C)OCC. The molecule has 0 radical (unpaired) electrons. The topological polar surface area (TPSA) is 133 Å². The van der Waals surface area contributed by atoms with Crippen LogP contribution in [0.4, 0.5) is 5.82 Å². The van der Waals surface area contributed by atoms with Crippen molar-refractivity contribution in [2.45, 2.75) is 59.9 Å². The number of nitrogens with zero attached hydrogens (tertiary/aromatic N) is 4. The van der Waals surface area contributed by atoms with Gasteiger partial charge in [-0.05, 0) is 32.4 Å². The highest BCUT2D eigenvalue weighted by Gasteiger charge is 2.37. The highest BCUT2D eigenvalue weighted by molar-refractivity contribution is 7.53. The summed E-state index contributed by atoms with van der Waals surface area (Å²) in [5, 5.41) is 0. The van der Waals surface area contributed by atoms with Crippen LogP contribution in [0.15, 0.2) is 12.7 Å². The van der Waals surface area contributed by atoms with Crippen LogP contribution in [0.5, 0.6) is 0 Å². The summed E-state index contributed by atoms with van der Waals surface area (Å²) < 4.78 is 37.0. The van der Waals surface area contributed by atoms with E-state index in [4.69, 9.17) is 28.8 Å². The van der Waals surface area contributed by atoms with E-state index in [1.54, 1.807) is 13.8 Å². The first-order valence-corrected chi connectivity index (χ1v) is 15.2. The number of ether oxygens (including phenoxy) is 1. The molecule has 0 bridgehead atoms. The molecular weight excluding hydrogens is 453 g/mol. The standard InChI is InChI=1S/C19H36N5O6PSi/c1-8-27-31(25,28-9-2)13-26-10-14(16(19(3,4)5)30-32(6)7)29-24-12-23-15-17(20)21-11-22-18(15)24/h11-12,14,16,32H,8-10,13H2,1-7H3,(H2,20,21,22). The number of rotatable bonds is 13. The van der Waals surface area contributed by atoms with Crippen LogP contribution in [0.2, 0.25) is 13.1 Å². The minimum absolute atomic E-state index is 0.0907. The molecular formula is C19H36N5O6PSi. The minimum Gasteiger partial charge on any atom is -0.413 e. The van der Waals surface area contributed by atoms with Crippen LogP contribution in [-0.2, 0) is 22.8 Å². The number of hydrogen-bond acceptors (Lipinski definition) is 10. The smallest absolute Gasteiger partial charge is 0.356 e. The summed E-state index contributed by atoms with van der Waals surface area (Å²) >= 11 is 0. The number of nitrogen functional groups attached to an aromatic ring is 1. The van der Waals surface area contributed by atoms with Gasteiger partial charge in [0.15, 0.2) is 26.5 Å². The molecule has 0 saturated heterocycles. The fraction of sp³-hybridized carbons (Fsp3) is 0.737. The van der Waals surface area contributed by atoms with E-state index in [-0.39, 0.29) is 43.5 Å². The third kappa shape index (κ3) is 7.22. The van der Waals surface area contributed by atoms with E-state index in [0.717, 1.165) is 0 Å². The molecule has 0 aromatic carbocycles. The normalized spacial score (nSPS) is 14.8. The predicted molar refractivity (Wildman–Crippen MR) is 125 cm³/mol. The maximum Gasteiger partial charge on any atom is 0.356 e. The summed E-state index contributed by atoms with van der Waals surface area (Å²) in [5.74, 6) is 0.262. The summed E-state index contributed by atoms with van der Waals surface area (Å²) in [7, 11) is -4.79. The van der Waals surface area contributed by atoms with Gasteiger partial charge in [0, 0.05) is 0 Å². The largest absolute Gasteiger partial charge is 0.413 e. The Bertz CT molecular complexity index is 896. The van der Waals surface area contributed by atoms with Gasteiger partial charge in [-0.25, -0.2) is 15.0 Å². The summed E-state index contributed by atoms with van der Waals surface area (Å²) in [6, 6.07) is 0. The van der Waals surface area contributed by atoms with Crippen LogP contribution in [0.25, 0.3) is 11.2 Å². The van der Waals surface area contributed by atoms with Crippen molar-refractivity contribution in [1.82, 2.24) is 19.7 Å². The van der Waals surface area contributed by atoms with Crippen LogP contribution in [0.1, 0.15) is 34.6 Å². The van der Waals surface area contributed by atoms with Crippen LogP contribution >= 0.6 is 7.60 Å². The summed E-state index contributed by atoms with van der Waals surface area (Å²) in [4.78, 5) is 18.7. The van der Waals surface area contributed by atoms with Crippen molar-refractivity contribution in [1.29, 1.82) is 0 Å². The van der Waals surface area contributed by atoms with E-state index >= 15 is 0 Å². The molecule has 2 N–H and O–H groups in total. The van der Waals surface area contributed by atoms with Crippen molar-refractivity contribution < 1.29 is 27.6 Å². The molecule has 2 aromatic rings. The molecule has 13 heteroatoms. The Hall–Kier alpha value is -1.56. The average molecular weight is 490 g/mol. The molecule has 0 saturated carbocycles. The minimum atomic E-state index is -3.36. The molecule has 0 aliphatic carbocycles. The Kier molecular flexibility index (Phi) is 9.62. The molecule has 11 nitrogen and oxygen atoms in total. The van der Waals surface area contributed by atoms with Crippen molar-refractivity contribution in [3.63, 3.8) is 0 Å². The van der Waals surface area contributed by atoms with E-state index in [1.165, 1.54) is 17.4 Å². The molecule has 2 heterocycles. The van der Waals surface area contributed by atoms with Gasteiger partial charge < -0.3 is 28.8 Å². The zero-order valence-corrected chi connectivity index (χ0v) is 22.0. The quantitative estimate of drug-likeness (QED) is 0.331. The van der Waals surface area contributed by atoms with Gasteiger partial charge in [0.25, 0.3) is 0 Å². The number of imidazole rings is 1. The van der Waals surface area contributed by atoms with Gasteiger partial charge >= 0.3 is 7.60 Å². The van der Waals surface area contributed by atoms with E-state index in [0.29, 0.717) is 11.2 Å². The molecule has 32 heavy (non-hydrogen) atoms. The third-order valence-corrected chi connectivity index (χ3v) is 7.01. The lowest BCUT2D eigenvalue weighted by Gasteiger charge is -2.37. The van der Waals surface area contributed by atoms with Crippen molar-refractivity contribution in [2.24, 2.45) is 5.41 Å². The molecule has 0 spiro atoms. The summed E-state index contributed by atoms with van der Waals surface area (Å²) in [5.41, 5.74) is 6.51. The van der Waals surface area contributed by atoms with Gasteiger partial charge in [0.2, 0.25) is 5.65 Å². The molecule has 2 unspecified atom stereocenters. The van der Waals surface area contributed by atoms with Crippen molar-refractivity contribution in [2.75, 3.05) is 31.9 Å². The van der Waals surface area contributed by atoms with Gasteiger partial charge in [-0.1, -0.05) is 20.8 Å². The molecule has 2 atom stereocenters. The lowest BCUT2D eigenvalue weighted by Crippen LogP contribution is -2.49. The highest BCUT2D eigenvalue weighted by Crippen LogP contribution is 2.47. The first kappa shape index (κ1) is 26.7. The molecule has 2 rings (SSSR count). The van der Waals surface area contributed by atoms with E-state index in [9.17, 15) is 4.57 Å². The summed E-state index contributed by atoms with van der Waals surface area (Å²) in [6.07, 6.45) is 1.77. The Morgan fingerprint density at radius 3 is 2.38 bits per heavy atom. The zero-order chi connectivity index (χ0) is 23.9. The van der Waals surface area contributed by atoms with Gasteiger partial charge in [-0.2, -0.15) is 4.73 Å². The fourth-order valence-electron chi connectivity index (χ4n) is 3.16. The number of anilines is 1. The van der Waals surface area contributed by atoms with Gasteiger partial charge in [0.1, 0.15) is 19.0 Å². The Labute approximate surface area is 191 Å². The number of aromatic nitrogens is 4. The average Bonchev–Trinajstić information content (AvgIpc) is 3.09. The monoisotopic (exact) mass is 489 g/mol. The van der Waals surface area contributed by atoms with Crippen LogP contribution in [0, 0.1) is 5.41 Å². The van der Waals surface area contributed by atoms with E-state index in [2.05, 4.69) is 48.8 Å². The van der Waals surface area contributed by atoms with Crippen LogP contribution in [0.3, 0.4) is 0 Å². The van der Waals surface area contributed by atoms with Gasteiger partial charge in [-0.15, -0.1) is 0 Å². The van der Waals surface area contributed by atoms with Crippen molar-refractivity contribution >= 4 is 33.6 Å². The first-order valence-electron chi connectivity index (χ1n) is 10.7. The Morgan fingerprint density at radius 1 is 1.16 bits per heavy atom. The Morgan fingerprint density at radius 2 is 1.81 bits per heavy atom. The molecule has 0 fully saturated rings. The van der Waals surface area contributed by atoms with Gasteiger partial charge in [-0.3, -0.25) is 4.57 Å². The molecule has 0 amide bonds. The second-order valence-electron chi connectivity index (χ2n) is 8.56. The van der Waals surface area contributed by atoms with Crippen molar-refractivity contribution in [3.05, 3.63) is 12.7 Å². The first-order chi connectivity index (χ1) is 15.0. The number of fused-ring (bicyclic) bond motifs is 1. The highest BCUT2D eigenvalue weighted by atomic mass is 31.2. The van der Waals surface area contributed by atoms with Gasteiger partial charge in [0.05, 0.1) is 25.9 Å². The molecule has 2 aromatic heterocycles. The zero-order valence-electron chi connectivity index (χ0n) is 20.0. The summed E-state index contributed by atoms with van der Waals surface area (Å²) in [6.45, 7) is 14.5. The maximum atomic E-state index is 12.8. The van der Waals surface area contributed by atoms with E-state index < -0.39 is 22.7 Å². The maximum absolute atomic E-state index is 12.8. The number of hydrogen-bond donors (Lipinski definition) is 1. The molecule has 0 aliphatic rings. The molecule has 182 valence electrons. The van der Waals surface area contributed by atoms with E-state index in [1.807, 2.05) is 0 Å². The third-order valence-electron chi connectivity index (χ3n) is 4.37. The lowest BCUT2D eigenvalue weighted by atomic mass is 9.86. The lowest BCUT2D eigenvalue weighted by molar-refractivity contribution is -0.101. The second kappa shape index (κ2) is 11.5. The predicted octanol–water partition coefficient (Wildman–Crippen LogP) is 2.86. The second-order valence-corrected chi connectivity index (χ2v) is 12.9. The number of nitrogens with two attached hydrogens (primary N) is 1. The van der Waals surface area contributed by atoms with Crippen LogP contribution < -0.4 is 10.6 Å². The Balaban J connectivity index is 2.29.